The zero-order chi connectivity index (χ0) is 15.7. The summed E-state index contributed by atoms with van der Waals surface area (Å²) in [6.07, 6.45) is 3.09. The largest absolute Gasteiger partial charge is 0.497 e. The molecule has 2 heterocycles. The predicted molar refractivity (Wildman–Crippen MR) is 81.0 cm³/mol. The number of ether oxygens (including phenoxy) is 1. The summed E-state index contributed by atoms with van der Waals surface area (Å²) in [5.74, 6) is -0.483. The lowest BCUT2D eigenvalue weighted by Gasteiger charge is -2.21. The second-order valence-electron chi connectivity index (χ2n) is 5.42. The highest BCUT2D eigenvalue weighted by atomic mass is 16.5. The number of aliphatic hydroxyl groups excluding tert-OH is 1. The molecule has 0 saturated carbocycles. The lowest BCUT2D eigenvalue weighted by Crippen LogP contribution is -2.41. The number of fused-ring (bicyclic) bond motifs is 1. The lowest BCUT2D eigenvalue weighted by atomic mass is 10.1. The highest BCUT2D eigenvalue weighted by molar-refractivity contribution is 6.45. The van der Waals surface area contributed by atoms with Gasteiger partial charge in [0.15, 0.2) is 0 Å². The number of hydrogen-bond acceptors (Lipinski definition) is 4. The van der Waals surface area contributed by atoms with Gasteiger partial charge in [-0.1, -0.05) is 0 Å². The maximum absolute atomic E-state index is 12.5. The van der Waals surface area contributed by atoms with E-state index in [9.17, 15) is 14.7 Å². The Morgan fingerprint density at radius 1 is 1.45 bits per heavy atom. The number of carbonyl (C=O) groups excluding carboxylic acids is 2. The topological polar surface area (TPSA) is 82.6 Å². The number of nitrogens with zero attached hydrogens (tertiary/aromatic N) is 1. The molecule has 2 N–H and O–H groups in total. The number of aromatic nitrogens is 1. The van der Waals surface area contributed by atoms with Crippen LogP contribution in [-0.2, 0) is 4.79 Å². The smallest absolute Gasteiger partial charge is 0.295 e. The van der Waals surface area contributed by atoms with Gasteiger partial charge in [-0.25, -0.2) is 0 Å². The molecular formula is C16H18N2O4. The van der Waals surface area contributed by atoms with Gasteiger partial charge in [-0.15, -0.1) is 0 Å². The number of aliphatic hydroxyl groups is 1. The van der Waals surface area contributed by atoms with Crippen molar-refractivity contribution in [2.75, 3.05) is 20.3 Å². The van der Waals surface area contributed by atoms with Crippen molar-refractivity contribution in [3.8, 4) is 5.75 Å². The zero-order valence-corrected chi connectivity index (χ0v) is 12.3. The van der Waals surface area contributed by atoms with Crippen molar-refractivity contribution < 1.29 is 19.4 Å². The summed E-state index contributed by atoms with van der Waals surface area (Å²) in [4.78, 5) is 29.4. The number of methoxy groups -OCH3 is 1. The van der Waals surface area contributed by atoms with Gasteiger partial charge in [0, 0.05) is 23.6 Å². The second-order valence-corrected chi connectivity index (χ2v) is 5.42. The fourth-order valence-corrected chi connectivity index (χ4v) is 2.95. The molecule has 1 saturated heterocycles. The third-order valence-corrected chi connectivity index (χ3v) is 4.18. The molecule has 6 heteroatoms. The Morgan fingerprint density at radius 3 is 3.00 bits per heavy atom. The first-order valence-electron chi connectivity index (χ1n) is 7.27. The number of aromatic amines is 1. The van der Waals surface area contributed by atoms with Gasteiger partial charge in [0.05, 0.1) is 25.3 Å². The van der Waals surface area contributed by atoms with Crippen LogP contribution < -0.4 is 4.74 Å². The molecule has 0 spiro atoms. The molecule has 1 amide bonds. The number of carbonyl (C=O) groups is 2. The van der Waals surface area contributed by atoms with Crippen molar-refractivity contribution in [3.63, 3.8) is 0 Å². The Labute approximate surface area is 127 Å². The first kappa shape index (κ1) is 14.6. The number of amides is 1. The van der Waals surface area contributed by atoms with E-state index in [1.54, 1.807) is 25.4 Å². The van der Waals surface area contributed by atoms with Gasteiger partial charge < -0.3 is 19.7 Å². The Balaban J connectivity index is 1.93. The Bertz CT molecular complexity index is 722. The molecule has 1 aliphatic rings. The van der Waals surface area contributed by atoms with Crippen LogP contribution in [0.3, 0.4) is 0 Å². The average Bonchev–Trinajstić information content (AvgIpc) is 3.18. The summed E-state index contributed by atoms with van der Waals surface area (Å²) < 4.78 is 5.17. The van der Waals surface area contributed by atoms with Crippen molar-refractivity contribution in [1.29, 1.82) is 0 Å². The average molecular weight is 302 g/mol. The van der Waals surface area contributed by atoms with Crippen molar-refractivity contribution >= 4 is 22.6 Å². The van der Waals surface area contributed by atoms with Gasteiger partial charge in [-0.2, -0.15) is 0 Å². The van der Waals surface area contributed by atoms with E-state index in [0.717, 1.165) is 18.4 Å². The van der Waals surface area contributed by atoms with Crippen molar-refractivity contribution in [2.24, 2.45) is 0 Å². The molecule has 0 aliphatic carbocycles. The summed E-state index contributed by atoms with van der Waals surface area (Å²) >= 11 is 0. The molecule has 0 radical (unpaired) electrons. The van der Waals surface area contributed by atoms with Crippen LogP contribution in [-0.4, -0.2) is 53.0 Å². The summed E-state index contributed by atoms with van der Waals surface area (Å²) in [7, 11) is 1.55. The first-order chi connectivity index (χ1) is 10.7. The Morgan fingerprint density at radius 2 is 2.27 bits per heavy atom. The number of hydrogen-bond donors (Lipinski definition) is 2. The Hall–Kier alpha value is -2.34. The third kappa shape index (κ3) is 2.35. The summed E-state index contributed by atoms with van der Waals surface area (Å²) in [6, 6.07) is 5.08. The van der Waals surface area contributed by atoms with Crippen LogP contribution in [0.15, 0.2) is 24.4 Å². The fourth-order valence-electron chi connectivity index (χ4n) is 2.95. The predicted octanol–water partition coefficient (Wildman–Crippen LogP) is 1.34. The highest BCUT2D eigenvalue weighted by Gasteiger charge is 2.33. The van der Waals surface area contributed by atoms with Crippen molar-refractivity contribution in [1.82, 2.24) is 9.88 Å². The minimum absolute atomic E-state index is 0.110. The summed E-state index contributed by atoms with van der Waals surface area (Å²) in [5, 5.41) is 9.97. The normalized spacial score (nSPS) is 17.9. The molecule has 2 aromatic rings. The minimum atomic E-state index is -0.556. The van der Waals surface area contributed by atoms with E-state index in [4.69, 9.17) is 4.74 Å². The summed E-state index contributed by atoms with van der Waals surface area (Å²) in [5.41, 5.74) is 1.11. The van der Waals surface area contributed by atoms with Crippen LogP contribution in [0.4, 0.5) is 0 Å². The molecule has 116 valence electrons. The van der Waals surface area contributed by atoms with Crippen LogP contribution in [0.1, 0.15) is 23.2 Å². The highest BCUT2D eigenvalue weighted by Crippen LogP contribution is 2.25. The van der Waals surface area contributed by atoms with Gasteiger partial charge in [-0.05, 0) is 31.0 Å². The molecule has 1 fully saturated rings. The number of H-pyrrole nitrogens is 1. The molecule has 1 aliphatic heterocycles. The fraction of sp³-hybridized carbons (Fsp3) is 0.375. The van der Waals surface area contributed by atoms with Crippen molar-refractivity contribution in [3.05, 3.63) is 30.0 Å². The first-order valence-corrected chi connectivity index (χ1v) is 7.27. The monoisotopic (exact) mass is 302 g/mol. The SMILES string of the molecule is COc1ccc2[nH]cc(C(=O)C(=O)N3CCC[C@H]3CO)c2c1. The maximum Gasteiger partial charge on any atom is 0.295 e. The second kappa shape index (κ2) is 5.81. The van der Waals surface area contributed by atoms with E-state index in [-0.39, 0.29) is 12.6 Å². The number of nitrogens with one attached hydrogen (secondary N) is 1. The van der Waals surface area contributed by atoms with Gasteiger partial charge in [0.1, 0.15) is 5.75 Å². The number of rotatable bonds is 4. The summed E-state index contributed by atoms with van der Waals surface area (Å²) in [6.45, 7) is 0.405. The maximum atomic E-state index is 12.5. The van der Waals surface area contributed by atoms with Crippen LogP contribution in [0.5, 0.6) is 5.75 Å². The van der Waals surface area contributed by atoms with Crippen LogP contribution >= 0.6 is 0 Å². The Kier molecular flexibility index (Phi) is 3.85. The van der Waals surface area contributed by atoms with Crippen LogP contribution in [0.25, 0.3) is 10.9 Å². The molecule has 0 bridgehead atoms. The third-order valence-electron chi connectivity index (χ3n) is 4.18. The molecule has 1 aromatic heterocycles. The zero-order valence-electron chi connectivity index (χ0n) is 12.3. The number of ketones is 1. The van der Waals surface area contributed by atoms with E-state index in [1.165, 1.54) is 4.90 Å². The standard InChI is InChI=1S/C16H18N2O4/c1-22-11-4-5-14-12(7-11)13(8-17-14)15(20)16(21)18-6-2-3-10(18)9-19/h4-5,7-8,10,17,19H,2-3,6,9H2,1H3/t10-/m0/s1. The molecule has 1 aromatic carbocycles. The van der Waals surface area contributed by atoms with E-state index < -0.39 is 11.7 Å². The molecule has 6 nitrogen and oxygen atoms in total. The molecule has 1 atom stereocenters. The number of benzene rings is 1. The van der Waals surface area contributed by atoms with Crippen LogP contribution in [0, 0.1) is 0 Å². The van der Waals surface area contributed by atoms with Gasteiger partial charge in [0.25, 0.3) is 11.7 Å². The molecule has 3 rings (SSSR count). The van der Waals surface area contributed by atoms with Crippen molar-refractivity contribution in [2.45, 2.75) is 18.9 Å². The van der Waals surface area contributed by atoms with E-state index in [2.05, 4.69) is 4.98 Å². The van der Waals surface area contributed by atoms with E-state index in [1.807, 2.05) is 6.07 Å². The van der Waals surface area contributed by atoms with Gasteiger partial charge >= 0.3 is 0 Å². The number of Topliss-reactive ketones (excluding diaryl/α,β-unsaturated/α-hetero) is 1. The van der Waals surface area contributed by atoms with Gasteiger partial charge in [0.2, 0.25) is 0 Å². The lowest BCUT2D eigenvalue weighted by molar-refractivity contribution is -0.127. The van der Waals surface area contributed by atoms with E-state index in [0.29, 0.717) is 23.2 Å². The number of likely N-dealkylation sites (tertiary alicyclic amines) is 1. The minimum Gasteiger partial charge on any atom is -0.497 e. The van der Waals surface area contributed by atoms with Crippen LogP contribution in [0.2, 0.25) is 0 Å². The molecule has 22 heavy (non-hydrogen) atoms. The molecule has 0 unspecified atom stereocenters. The van der Waals surface area contributed by atoms with Gasteiger partial charge in [-0.3, -0.25) is 9.59 Å². The quantitative estimate of drug-likeness (QED) is 0.659. The molecular weight excluding hydrogens is 284 g/mol. The van der Waals surface area contributed by atoms with E-state index >= 15 is 0 Å².